The number of nitrogens with zero attached hydrogens (tertiary/aromatic N) is 3. The largest absolute Gasteiger partial charge is 0.390 e. The van der Waals surface area contributed by atoms with Gasteiger partial charge in [0.05, 0.1) is 18.5 Å². The summed E-state index contributed by atoms with van der Waals surface area (Å²) in [7, 11) is 0.0363. The standard InChI is InChI=1S/C6H13N3O3S/c1-8(2)13(11,12)9-4-3-6(5-10)7-9/h3-4,10-12H,5H2,1-2H3. The number of hydrogen-bond acceptors (Lipinski definition) is 5. The van der Waals surface area contributed by atoms with Gasteiger partial charge in [-0.25, -0.2) is 0 Å². The zero-order valence-corrected chi connectivity index (χ0v) is 8.27. The van der Waals surface area contributed by atoms with E-state index >= 15 is 0 Å². The van der Waals surface area contributed by atoms with Gasteiger partial charge in [0, 0.05) is 14.1 Å². The van der Waals surface area contributed by atoms with Gasteiger partial charge in [0.15, 0.2) is 0 Å². The molecule has 0 aliphatic carbocycles. The molecule has 13 heavy (non-hydrogen) atoms. The molecule has 0 bridgehead atoms. The number of aromatic nitrogens is 2. The predicted octanol–water partition coefficient (Wildman–Crippen LogP) is 0.366. The Hall–Kier alpha value is -0.600. The first-order valence-corrected chi connectivity index (χ1v) is 5.06. The molecule has 0 amide bonds. The molecule has 7 heteroatoms. The lowest BCUT2D eigenvalue weighted by atomic mass is 10.5. The minimum atomic E-state index is -3.04. The van der Waals surface area contributed by atoms with Crippen molar-refractivity contribution in [3.63, 3.8) is 0 Å². The summed E-state index contributed by atoms with van der Waals surface area (Å²) in [4.78, 5) is 0. The molecule has 1 aromatic rings. The fourth-order valence-corrected chi connectivity index (χ4v) is 1.50. The molecule has 0 atom stereocenters. The van der Waals surface area contributed by atoms with Crippen molar-refractivity contribution in [1.82, 2.24) is 13.5 Å². The lowest BCUT2D eigenvalue weighted by Gasteiger charge is -2.37. The lowest BCUT2D eigenvalue weighted by molar-refractivity contribution is 0.276. The van der Waals surface area contributed by atoms with Crippen molar-refractivity contribution >= 4 is 11.0 Å². The molecule has 1 rings (SSSR count). The quantitative estimate of drug-likeness (QED) is 0.667. The summed E-state index contributed by atoms with van der Waals surface area (Å²) in [6.45, 7) is -0.212. The molecule has 0 saturated heterocycles. The van der Waals surface area contributed by atoms with E-state index in [0.717, 1.165) is 4.09 Å². The third-order valence-electron chi connectivity index (χ3n) is 1.52. The number of rotatable bonds is 3. The summed E-state index contributed by atoms with van der Waals surface area (Å²) in [5, 5.41) is 12.5. The van der Waals surface area contributed by atoms with Crippen LogP contribution < -0.4 is 0 Å². The van der Waals surface area contributed by atoms with Crippen LogP contribution in [0, 0.1) is 0 Å². The normalized spacial score (nSPS) is 13.7. The first-order chi connectivity index (χ1) is 5.98. The average Bonchev–Trinajstić information content (AvgIpc) is 2.51. The Labute approximate surface area is 78.0 Å². The van der Waals surface area contributed by atoms with E-state index in [-0.39, 0.29) is 6.61 Å². The molecule has 0 saturated carbocycles. The smallest absolute Gasteiger partial charge is 0.0898 e. The van der Waals surface area contributed by atoms with Gasteiger partial charge in [-0.15, -0.1) is 0 Å². The van der Waals surface area contributed by atoms with Crippen LogP contribution in [0.4, 0.5) is 0 Å². The van der Waals surface area contributed by atoms with Gasteiger partial charge in [0.1, 0.15) is 0 Å². The predicted molar refractivity (Wildman–Crippen MR) is 50.1 cm³/mol. The summed E-state index contributed by atoms with van der Waals surface area (Å²) in [5.74, 6) is 0. The molecule has 3 N–H and O–H groups in total. The van der Waals surface area contributed by atoms with Gasteiger partial charge in [0.2, 0.25) is 0 Å². The van der Waals surface area contributed by atoms with Crippen LogP contribution in [0.25, 0.3) is 0 Å². The van der Waals surface area contributed by atoms with E-state index in [1.807, 2.05) is 0 Å². The second-order valence-corrected chi connectivity index (χ2v) is 4.75. The number of aliphatic hydroxyl groups is 1. The van der Waals surface area contributed by atoms with Crippen LogP contribution in [-0.4, -0.2) is 41.8 Å². The van der Waals surface area contributed by atoms with E-state index in [1.165, 1.54) is 30.7 Å². The van der Waals surface area contributed by atoms with Crippen LogP contribution in [0.1, 0.15) is 5.69 Å². The monoisotopic (exact) mass is 207 g/mol. The molecule has 76 valence electrons. The third-order valence-corrected chi connectivity index (χ3v) is 3.21. The van der Waals surface area contributed by atoms with Gasteiger partial charge in [0.25, 0.3) is 0 Å². The van der Waals surface area contributed by atoms with Crippen molar-refractivity contribution in [1.29, 1.82) is 0 Å². The second-order valence-electron chi connectivity index (χ2n) is 2.67. The average molecular weight is 207 g/mol. The lowest BCUT2D eigenvalue weighted by Crippen LogP contribution is -2.25. The Kier molecular flexibility index (Phi) is 2.94. The maximum atomic E-state index is 9.56. The van der Waals surface area contributed by atoms with E-state index in [0.29, 0.717) is 5.69 Å². The fourth-order valence-electron chi connectivity index (χ4n) is 0.731. The molecule has 0 fully saturated rings. The summed E-state index contributed by atoms with van der Waals surface area (Å²) >= 11 is 0. The molecular formula is C6H13N3O3S. The molecule has 0 radical (unpaired) electrons. The van der Waals surface area contributed by atoms with Crippen molar-refractivity contribution < 1.29 is 14.2 Å². The maximum absolute atomic E-state index is 9.56. The highest BCUT2D eigenvalue weighted by molar-refractivity contribution is 8.20. The molecule has 1 heterocycles. The van der Waals surface area contributed by atoms with E-state index < -0.39 is 11.0 Å². The summed E-state index contributed by atoms with van der Waals surface area (Å²) < 4.78 is 21.4. The third kappa shape index (κ3) is 2.01. The van der Waals surface area contributed by atoms with E-state index in [2.05, 4.69) is 5.10 Å². The van der Waals surface area contributed by atoms with Gasteiger partial charge in [-0.05, 0) is 17.0 Å². The molecular weight excluding hydrogens is 194 g/mol. The minimum absolute atomic E-state index is 0.212. The van der Waals surface area contributed by atoms with Crippen molar-refractivity contribution in [2.24, 2.45) is 0 Å². The summed E-state index contributed by atoms with van der Waals surface area (Å²) in [6, 6.07) is 1.53. The Morgan fingerprint density at radius 1 is 1.54 bits per heavy atom. The van der Waals surface area contributed by atoms with Crippen molar-refractivity contribution in [3.8, 4) is 0 Å². The maximum Gasteiger partial charge on any atom is 0.0898 e. The first kappa shape index (κ1) is 10.5. The van der Waals surface area contributed by atoms with Gasteiger partial charge >= 0.3 is 0 Å². The zero-order chi connectivity index (χ0) is 10.1. The van der Waals surface area contributed by atoms with Gasteiger partial charge in [-0.2, -0.15) is 13.5 Å². The van der Waals surface area contributed by atoms with Crippen molar-refractivity contribution in [2.75, 3.05) is 14.1 Å². The van der Waals surface area contributed by atoms with Crippen LogP contribution in [0.15, 0.2) is 12.3 Å². The van der Waals surface area contributed by atoms with Gasteiger partial charge in [-0.3, -0.25) is 9.11 Å². The SMILES string of the molecule is CN(C)S(O)(O)n1ccc(CO)n1. The Morgan fingerprint density at radius 2 is 2.15 bits per heavy atom. The highest BCUT2D eigenvalue weighted by atomic mass is 32.3. The Morgan fingerprint density at radius 3 is 2.54 bits per heavy atom. The van der Waals surface area contributed by atoms with Crippen LogP contribution in [-0.2, 0) is 6.61 Å². The molecule has 0 aliphatic heterocycles. The zero-order valence-electron chi connectivity index (χ0n) is 7.45. The highest BCUT2D eigenvalue weighted by Gasteiger charge is 2.18. The summed E-state index contributed by atoms with van der Waals surface area (Å²) in [6.07, 6.45) is 1.42. The van der Waals surface area contributed by atoms with E-state index in [9.17, 15) is 9.11 Å². The molecule has 0 unspecified atom stereocenters. The van der Waals surface area contributed by atoms with Crippen LogP contribution >= 0.6 is 11.0 Å². The number of aliphatic hydroxyl groups excluding tert-OH is 1. The second kappa shape index (κ2) is 3.64. The minimum Gasteiger partial charge on any atom is -0.390 e. The summed E-state index contributed by atoms with van der Waals surface area (Å²) in [5.41, 5.74) is 0.404. The van der Waals surface area contributed by atoms with Gasteiger partial charge < -0.3 is 5.11 Å². The van der Waals surface area contributed by atoms with Gasteiger partial charge in [-0.1, -0.05) is 0 Å². The van der Waals surface area contributed by atoms with E-state index in [1.54, 1.807) is 0 Å². The fraction of sp³-hybridized carbons (Fsp3) is 0.500. The van der Waals surface area contributed by atoms with Crippen LogP contribution in [0.2, 0.25) is 0 Å². The van der Waals surface area contributed by atoms with Crippen LogP contribution in [0.5, 0.6) is 0 Å². The van der Waals surface area contributed by atoms with Crippen molar-refractivity contribution in [3.05, 3.63) is 18.0 Å². The van der Waals surface area contributed by atoms with Crippen LogP contribution in [0.3, 0.4) is 0 Å². The molecule has 0 aliphatic rings. The first-order valence-electron chi connectivity index (χ1n) is 3.60. The number of hydrogen-bond donors (Lipinski definition) is 3. The molecule has 6 nitrogen and oxygen atoms in total. The molecule has 0 spiro atoms. The Bertz CT molecular complexity index is 286. The topological polar surface area (TPSA) is 81.8 Å². The van der Waals surface area contributed by atoms with E-state index in [4.69, 9.17) is 5.11 Å². The Balaban J connectivity index is 2.93. The highest BCUT2D eigenvalue weighted by Crippen LogP contribution is 2.40. The molecule has 0 aromatic carbocycles. The van der Waals surface area contributed by atoms with Crippen molar-refractivity contribution in [2.45, 2.75) is 6.61 Å². The molecule has 1 aromatic heterocycles.